The molecule has 34 heavy (non-hydrogen) atoms. The highest BCUT2D eigenvalue weighted by Gasteiger charge is 2.29. The third-order valence-corrected chi connectivity index (χ3v) is 6.67. The maximum Gasteiger partial charge on any atom is 0.410 e. The summed E-state index contributed by atoms with van der Waals surface area (Å²) < 4.78 is 7.80. The minimum atomic E-state index is -0.488. The van der Waals surface area contributed by atoms with E-state index in [1.807, 2.05) is 26.8 Å². The number of likely N-dealkylation sites (tertiary alicyclic amines) is 1. The smallest absolute Gasteiger partial charge is 0.410 e. The first kappa shape index (κ1) is 24.2. The summed E-state index contributed by atoms with van der Waals surface area (Å²) in [6, 6.07) is 14.6. The highest BCUT2D eigenvalue weighted by molar-refractivity contribution is 5.90. The number of hydrogen-bond acceptors (Lipinski definition) is 3. The van der Waals surface area contributed by atoms with Gasteiger partial charge in [-0.2, -0.15) is 0 Å². The van der Waals surface area contributed by atoms with Gasteiger partial charge in [0.2, 0.25) is 0 Å². The second kappa shape index (κ2) is 9.01. The van der Waals surface area contributed by atoms with Crippen molar-refractivity contribution in [2.45, 2.75) is 77.9 Å². The first-order chi connectivity index (χ1) is 15.9. The largest absolute Gasteiger partial charge is 0.507 e. The number of piperidine rings is 1. The Morgan fingerprint density at radius 3 is 2.24 bits per heavy atom. The van der Waals surface area contributed by atoms with Gasteiger partial charge in [0.05, 0.1) is 5.52 Å². The lowest BCUT2D eigenvalue weighted by Crippen LogP contribution is -2.41. The van der Waals surface area contributed by atoms with Gasteiger partial charge in [-0.05, 0) is 73.8 Å². The van der Waals surface area contributed by atoms with Crippen LogP contribution < -0.4 is 0 Å². The Bertz CT molecular complexity index is 1160. The van der Waals surface area contributed by atoms with Crippen LogP contribution in [0.1, 0.15) is 77.0 Å². The average Bonchev–Trinajstić information content (AvgIpc) is 3.12. The number of nitrogens with zero attached hydrogens (tertiary/aromatic N) is 2. The van der Waals surface area contributed by atoms with Gasteiger partial charge >= 0.3 is 6.09 Å². The lowest BCUT2D eigenvalue weighted by molar-refractivity contribution is 0.0205. The number of aromatic hydroxyl groups is 1. The minimum Gasteiger partial charge on any atom is -0.507 e. The number of phenolic OH excluding ortho intramolecular Hbond substituents is 1. The molecule has 2 heterocycles. The van der Waals surface area contributed by atoms with E-state index in [0.29, 0.717) is 24.8 Å². The summed E-state index contributed by atoms with van der Waals surface area (Å²) in [5, 5.41) is 11.7. The molecule has 1 saturated heterocycles. The maximum absolute atomic E-state index is 12.5. The predicted octanol–water partition coefficient (Wildman–Crippen LogP) is 6.81. The number of phenols is 1. The van der Waals surface area contributed by atoms with Gasteiger partial charge in [0, 0.05) is 31.2 Å². The molecule has 1 aliphatic rings. The second-order valence-corrected chi connectivity index (χ2v) is 11.6. The minimum absolute atomic E-state index is 0.131. The highest BCUT2D eigenvalue weighted by atomic mass is 16.6. The molecule has 1 fully saturated rings. The number of benzene rings is 2. The van der Waals surface area contributed by atoms with Crippen molar-refractivity contribution in [2.24, 2.45) is 0 Å². The van der Waals surface area contributed by atoms with Gasteiger partial charge in [0.15, 0.2) is 0 Å². The van der Waals surface area contributed by atoms with Crippen molar-refractivity contribution >= 4 is 17.0 Å². The molecular weight excluding hydrogens is 424 g/mol. The van der Waals surface area contributed by atoms with Gasteiger partial charge in [-0.15, -0.1) is 0 Å². The molecule has 3 aromatic rings. The third kappa shape index (κ3) is 5.24. The fourth-order valence-corrected chi connectivity index (χ4v) is 4.81. The van der Waals surface area contributed by atoms with E-state index < -0.39 is 5.60 Å². The first-order valence-corrected chi connectivity index (χ1v) is 12.3. The summed E-state index contributed by atoms with van der Waals surface area (Å²) in [6.45, 7) is 14.4. The fraction of sp³-hybridized carbons (Fsp3) is 0.483. The normalized spacial score (nSPS) is 15.6. The van der Waals surface area contributed by atoms with Crippen LogP contribution >= 0.6 is 0 Å². The quantitative estimate of drug-likeness (QED) is 0.465. The van der Waals surface area contributed by atoms with E-state index in [-0.39, 0.29) is 11.5 Å². The molecule has 2 aromatic carbocycles. The van der Waals surface area contributed by atoms with Crippen LogP contribution in [-0.2, 0) is 16.7 Å². The van der Waals surface area contributed by atoms with Crippen LogP contribution in [0.2, 0.25) is 0 Å². The Morgan fingerprint density at radius 1 is 1.00 bits per heavy atom. The van der Waals surface area contributed by atoms with Crippen molar-refractivity contribution in [1.82, 2.24) is 9.47 Å². The van der Waals surface area contributed by atoms with E-state index in [2.05, 4.69) is 61.9 Å². The number of amides is 1. The van der Waals surface area contributed by atoms with Crippen molar-refractivity contribution in [3.05, 3.63) is 65.4 Å². The molecule has 4 rings (SSSR count). The molecule has 0 atom stereocenters. The number of rotatable bonds is 3. The van der Waals surface area contributed by atoms with Crippen LogP contribution in [-0.4, -0.2) is 39.4 Å². The Hall–Kier alpha value is -2.95. The molecule has 1 amide bonds. The fourth-order valence-electron chi connectivity index (χ4n) is 4.81. The predicted molar refractivity (Wildman–Crippen MR) is 138 cm³/mol. The Labute approximate surface area is 203 Å². The van der Waals surface area contributed by atoms with E-state index >= 15 is 0 Å². The summed E-state index contributed by atoms with van der Waals surface area (Å²) in [5.74, 6) is 0.614. The van der Waals surface area contributed by atoms with Gasteiger partial charge in [0.25, 0.3) is 0 Å². The number of carbonyl (C=O) groups is 1. The van der Waals surface area contributed by atoms with Crippen LogP contribution in [0.25, 0.3) is 10.9 Å². The van der Waals surface area contributed by atoms with Crippen molar-refractivity contribution in [1.29, 1.82) is 0 Å². The van der Waals surface area contributed by atoms with Crippen molar-refractivity contribution in [2.75, 3.05) is 13.1 Å². The van der Waals surface area contributed by atoms with Gasteiger partial charge in [-0.1, -0.05) is 51.1 Å². The lowest BCUT2D eigenvalue weighted by Gasteiger charge is -2.33. The van der Waals surface area contributed by atoms with Crippen molar-refractivity contribution in [3.63, 3.8) is 0 Å². The van der Waals surface area contributed by atoms with Crippen molar-refractivity contribution < 1.29 is 14.6 Å². The average molecular weight is 463 g/mol. The molecule has 0 bridgehead atoms. The Morgan fingerprint density at radius 2 is 1.65 bits per heavy atom. The summed E-state index contributed by atoms with van der Waals surface area (Å²) in [6.07, 6.45) is 3.67. The molecule has 5 heteroatoms. The SMILES string of the molecule is CC(C)(C)OC(=O)N1CCC(c2cn(Cc3ccc(C(C)(C)C)cc3)c3cccc(O)c23)CC1. The van der Waals surface area contributed by atoms with Gasteiger partial charge in [-0.25, -0.2) is 4.79 Å². The molecule has 0 spiro atoms. The first-order valence-electron chi connectivity index (χ1n) is 12.3. The Balaban J connectivity index is 1.56. The third-order valence-electron chi connectivity index (χ3n) is 6.67. The van der Waals surface area contributed by atoms with Gasteiger partial charge in [-0.3, -0.25) is 0 Å². The maximum atomic E-state index is 12.5. The van der Waals surface area contributed by atoms with Gasteiger partial charge in [0.1, 0.15) is 11.4 Å². The van der Waals surface area contributed by atoms with Crippen LogP contribution in [0, 0.1) is 0 Å². The van der Waals surface area contributed by atoms with Crippen LogP contribution in [0.15, 0.2) is 48.7 Å². The van der Waals surface area contributed by atoms with Gasteiger partial charge < -0.3 is 19.3 Å². The number of fused-ring (bicyclic) bond motifs is 1. The zero-order valence-electron chi connectivity index (χ0n) is 21.4. The molecule has 1 aliphatic heterocycles. The molecule has 1 N–H and O–H groups in total. The molecule has 1 aromatic heterocycles. The van der Waals surface area contributed by atoms with Crippen LogP contribution in [0.5, 0.6) is 5.75 Å². The monoisotopic (exact) mass is 462 g/mol. The van der Waals surface area contributed by atoms with E-state index in [4.69, 9.17) is 4.74 Å². The van der Waals surface area contributed by atoms with E-state index in [1.165, 1.54) is 16.7 Å². The van der Waals surface area contributed by atoms with Crippen LogP contribution in [0.3, 0.4) is 0 Å². The highest BCUT2D eigenvalue weighted by Crippen LogP contribution is 2.39. The van der Waals surface area contributed by atoms with E-state index in [1.54, 1.807) is 11.0 Å². The number of hydrogen-bond donors (Lipinski definition) is 1. The van der Waals surface area contributed by atoms with E-state index in [0.717, 1.165) is 30.3 Å². The molecule has 0 unspecified atom stereocenters. The van der Waals surface area contributed by atoms with E-state index in [9.17, 15) is 9.90 Å². The zero-order valence-corrected chi connectivity index (χ0v) is 21.4. The number of carbonyl (C=O) groups excluding carboxylic acids is 1. The molecule has 0 aliphatic carbocycles. The molecule has 5 nitrogen and oxygen atoms in total. The zero-order chi connectivity index (χ0) is 24.7. The molecule has 0 saturated carbocycles. The summed E-state index contributed by atoms with van der Waals surface area (Å²) in [4.78, 5) is 14.3. The standard InChI is InChI=1S/C29H38N2O3/c1-28(2,3)22-12-10-20(11-13-22)18-31-19-23(26-24(31)8-7-9-25(26)32)21-14-16-30(17-15-21)27(33)34-29(4,5)6/h7-13,19,21,32H,14-18H2,1-6H3. The molecular formula is C29H38N2O3. The topological polar surface area (TPSA) is 54.7 Å². The number of aromatic nitrogens is 1. The molecule has 182 valence electrons. The summed E-state index contributed by atoms with van der Waals surface area (Å²) in [7, 11) is 0. The number of ether oxygens (including phenoxy) is 1. The molecule has 0 radical (unpaired) electrons. The second-order valence-electron chi connectivity index (χ2n) is 11.6. The lowest BCUT2D eigenvalue weighted by atomic mass is 9.87. The summed E-state index contributed by atoms with van der Waals surface area (Å²) in [5.41, 5.74) is 4.42. The van der Waals surface area contributed by atoms with Crippen LogP contribution in [0.4, 0.5) is 4.79 Å². The van der Waals surface area contributed by atoms with Crippen molar-refractivity contribution in [3.8, 4) is 5.75 Å². The Kier molecular flexibility index (Phi) is 6.41. The summed E-state index contributed by atoms with van der Waals surface area (Å²) >= 11 is 0.